The second kappa shape index (κ2) is 5.93. The molecule has 0 aliphatic rings. The van der Waals surface area contributed by atoms with Gasteiger partial charge in [0, 0.05) is 5.56 Å². The lowest BCUT2D eigenvalue weighted by molar-refractivity contribution is 0.409. The number of benzene rings is 1. The second-order valence-corrected chi connectivity index (χ2v) is 4.17. The standard InChI is InChI=1S/C14H14F3NO/c1-2-7-18-14(11-4-3-8-19-11)9-5-6-10(15)13(17)12(9)16/h3-6,8,14,18H,2,7H2,1H3. The molecule has 0 saturated carbocycles. The minimum atomic E-state index is -1.47. The number of halogens is 3. The fraction of sp³-hybridized carbons (Fsp3) is 0.286. The van der Waals surface area contributed by atoms with E-state index in [-0.39, 0.29) is 5.56 Å². The minimum Gasteiger partial charge on any atom is -0.467 e. The van der Waals surface area contributed by atoms with E-state index in [1.54, 1.807) is 12.1 Å². The predicted molar refractivity (Wildman–Crippen MR) is 65.2 cm³/mol. The summed E-state index contributed by atoms with van der Waals surface area (Å²) in [5, 5.41) is 3.05. The smallest absolute Gasteiger partial charge is 0.194 e. The summed E-state index contributed by atoms with van der Waals surface area (Å²) in [6.45, 7) is 2.55. The highest BCUT2D eigenvalue weighted by Gasteiger charge is 2.23. The van der Waals surface area contributed by atoms with Gasteiger partial charge in [0.1, 0.15) is 5.76 Å². The van der Waals surface area contributed by atoms with Crippen LogP contribution in [-0.2, 0) is 0 Å². The lowest BCUT2D eigenvalue weighted by Crippen LogP contribution is -2.24. The Morgan fingerprint density at radius 2 is 1.95 bits per heavy atom. The average molecular weight is 269 g/mol. The van der Waals surface area contributed by atoms with Crippen molar-refractivity contribution in [1.29, 1.82) is 0 Å². The van der Waals surface area contributed by atoms with Gasteiger partial charge in [-0.2, -0.15) is 0 Å². The van der Waals surface area contributed by atoms with E-state index in [9.17, 15) is 13.2 Å². The highest BCUT2D eigenvalue weighted by atomic mass is 19.2. The zero-order valence-corrected chi connectivity index (χ0v) is 10.4. The fourth-order valence-electron chi connectivity index (χ4n) is 1.87. The van der Waals surface area contributed by atoms with E-state index in [0.717, 1.165) is 12.5 Å². The number of hydrogen-bond acceptors (Lipinski definition) is 2. The van der Waals surface area contributed by atoms with Gasteiger partial charge in [0.05, 0.1) is 12.3 Å². The molecule has 2 nitrogen and oxygen atoms in total. The van der Waals surface area contributed by atoms with E-state index in [1.807, 2.05) is 6.92 Å². The molecule has 0 radical (unpaired) electrons. The molecule has 0 aliphatic heterocycles. The first-order chi connectivity index (χ1) is 9.15. The molecule has 0 spiro atoms. The van der Waals surface area contributed by atoms with Crippen LogP contribution >= 0.6 is 0 Å². The molecule has 1 heterocycles. The summed E-state index contributed by atoms with van der Waals surface area (Å²) >= 11 is 0. The first-order valence-corrected chi connectivity index (χ1v) is 6.05. The van der Waals surface area contributed by atoms with E-state index < -0.39 is 23.5 Å². The van der Waals surface area contributed by atoms with Gasteiger partial charge in [-0.1, -0.05) is 13.0 Å². The summed E-state index contributed by atoms with van der Waals surface area (Å²) in [5.74, 6) is -3.40. The summed E-state index contributed by atoms with van der Waals surface area (Å²) in [4.78, 5) is 0. The minimum absolute atomic E-state index is 0.0299. The van der Waals surface area contributed by atoms with Crippen molar-refractivity contribution in [3.05, 3.63) is 59.3 Å². The van der Waals surface area contributed by atoms with Crippen molar-refractivity contribution in [2.45, 2.75) is 19.4 Å². The SMILES string of the molecule is CCCNC(c1ccco1)c1ccc(F)c(F)c1F. The molecule has 1 N–H and O–H groups in total. The maximum atomic E-state index is 13.8. The van der Waals surface area contributed by atoms with Crippen LogP contribution in [0.15, 0.2) is 34.9 Å². The van der Waals surface area contributed by atoms with Gasteiger partial charge < -0.3 is 9.73 Å². The average Bonchev–Trinajstić information content (AvgIpc) is 2.92. The van der Waals surface area contributed by atoms with E-state index in [0.29, 0.717) is 12.3 Å². The van der Waals surface area contributed by atoms with Gasteiger partial charge in [-0.05, 0) is 31.2 Å². The van der Waals surface area contributed by atoms with Crippen LogP contribution in [0.3, 0.4) is 0 Å². The topological polar surface area (TPSA) is 25.2 Å². The van der Waals surface area contributed by atoms with Crippen LogP contribution in [0.2, 0.25) is 0 Å². The lowest BCUT2D eigenvalue weighted by atomic mass is 10.0. The third-order valence-electron chi connectivity index (χ3n) is 2.80. The molecule has 0 fully saturated rings. The van der Waals surface area contributed by atoms with Crippen LogP contribution < -0.4 is 5.32 Å². The number of rotatable bonds is 5. The quantitative estimate of drug-likeness (QED) is 0.835. The van der Waals surface area contributed by atoms with Gasteiger partial charge in [0.25, 0.3) is 0 Å². The molecule has 1 unspecified atom stereocenters. The van der Waals surface area contributed by atoms with Crippen LogP contribution in [0.25, 0.3) is 0 Å². The molecule has 2 aromatic rings. The molecular formula is C14H14F3NO. The Bertz CT molecular complexity index is 540. The first kappa shape index (κ1) is 13.7. The lowest BCUT2D eigenvalue weighted by Gasteiger charge is -2.17. The predicted octanol–water partition coefficient (Wildman–Crippen LogP) is 3.79. The molecule has 1 aromatic carbocycles. The van der Waals surface area contributed by atoms with Crippen molar-refractivity contribution in [3.63, 3.8) is 0 Å². The maximum absolute atomic E-state index is 13.8. The molecular weight excluding hydrogens is 255 g/mol. The van der Waals surface area contributed by atoms with Crippen LogP contribution in [0.4, 0.5) is 13.2 Å². The summed E-state index contributed by atoms with van der Waals surface area (Å²) in [6.07, 6.45) is 2.27. The monoisotopic (exact) mass is 269 g/mol. The van der Waals surface area contributed by atoms with E-state index >= 15 is 0 Å². The van der Waals surface area contributed by atoms with Crippen molar-refractivity contribution >= 4 is 0 Å². The molecule has 0 saturated heterocycles. The van der Waals surface area contributed by atoms with Crippen LogP contribution in [0.5, 0.6) is 0 Å². The summed E-state index contributed by atoms with van der Waals surface area (Å²) < 4.78 is 45.3. The Kier molecular flexibility index (Phi) is 4.27. The van der Waals surface area contributed by atoms with Crippen molar-refractivity contribution in [2.75, 3.05) is 6.54 Å². The largest absolute Gasteiger partial charge is 0.467 e. The highest BCUT2D eigenvalue weighted by Crippen LogP contribution is 2.27. The number of nitrogens with one attached hydrogen (secondary N) is 1. The fourth-order valence-corrected chi connectivity index (χ4v) is 1.87. The summed E-state index contributed by atoms with van der Waals surface area (Å²) in [6, 6.07) is 4.83. The maximum Gasteiger partial charge on any atom is 0.194 e. The number of furan rings is 1. The Hall–Kier alpha value is -1.75. The van der Waals surface area contributed by atoms with Crippen LogP contribution in [0.1, 0.15) is 30.7 Å². The van der Waals surface area contributed by atoms with Gasteiger partial charge in [-0.15, -0.1) is 0 Å². The molecule has 102 valence electrons. The molecule has 1 atom stereocenters. The zero-order valence-electron chi connectivity index (χ0n) is 10.4. The molecule has 2 rings (SSSR count). The molecule has 0 bridgehead atoms. The Morgan fingerprint density at radius 3 is 2.58 bits per heavy atom. The summed E-state index contributed by atoms with van der Waals surface area (Å²) in [5.41, 5.74) is 0.0299. The van der Waals surface area contributed by atoms with Crippen molar-refractivity contribution in [1.82, 2.24) is 5.32 Å². The molecule has 0 amide bonds. The normalized spacial score (nSPS) is 12.6. The molecule has 5 heteroatoms. The first-order valence-electron chi connectivity index (χ1n) is 6.05. The van der Waals surface area contributed by atoms with E-state index in [1.165, 1.54) is 12.3 Å². The Balaban J connectivity index is 2.41. The third kappa shape index (κ3) is 2.81. The zero-order chi connectivity index (χ0) is 13.8. The van der Waals surface area contributed by atoms with Gasteiger partial charge in [-0.3, -0.25) is 0 Å². The Labute approximate surface area is 109 Å². The summed E-state index contributed by atoms with van der Waals surface area (Å²) in [7, 11) is 0. The van der Waals surface area contributed by atoms with Crippen molar-refractivity contribution < 1.29 is 17.6 Å². The van der Waals surface area contributed by atoms with E-state index in [4.69, 9.17) is 4.42 Å². The Morgan fingerprint density at radius 1 is 1.16 bits per heavy atom. The molecule has 0 aliphatic carbocycles. The van der Waals surface area contributed by atoms with Crippen molar-refractivity contribution in [2.24, 2.45) is 0 Å². The highest BCUT2D eigenvalue weighted by molar-refractivity contribution is 5.29. The van der Waals surface area contributed by atoms with Crippen LogP contribution in [0, 0.1) is 17.5 Å². The van der Waals surface area contributed by atoms with Gasteiger partial charge in [0.15, 0.2) is 17.5 Å². The number of hydrogen-bond donors (Lipinski definition) is 1. The van der Waals surface area contributed by atoms with Gasteiger partial charge >= 0.3 is 0 Å². The van der Waals surface area contributed by atoms with E-state index in [2.05, 4.69) is 5.32 Å². The second-order valence-electron chi connectivity index (χ2n) is 4.17. The third-order valence-corrected chi connectivity index (χ3v) is 2.80. The van der Waals surface area contributed by atoms with Crippen LogP contribution in [-0.4, -0.2) is 6.54 Å². The van der Waals surface area contributed by atoms with Gasteiger partial charge in [-0.25, -0.2) is 13.2 Å². The molecule has 1 aromatic heterocycles. The van der Waals surface area contributed by atoms with Gasteiger partial charge in [0.2, 0.25) is 0 Å². The van der Waals surface area contributed by atoms with Crippen molar-refractivity contribution in [3.8, 4) is 0 Å². The molecule has 19 heavy (non-hydrogen) atoms.